The summed E-state index contributed by atoms with van der Waals surface area (Å²) in [6.07, 6.45) is 0. The van der Waals surface area contributed by atoms with E-state index in [9.17, 15) is 5.11 Å². The number of ether oxygens (including phenoxy) is 1. The van der Waals surface area contributed by atoms with Crippen LogP contribution in [0.1, 0.15) is 5.01 Å². The van der Waals surface area contributed by atoms with Gasteiger partial charge in [0, 0.05) is 11.1 Å². The number of nitrogens with zero attached hydrogens (tertiary/aromatic N) is 2. The highest BCUT2D eigenvalue weighted by Crippen LogP contribution is 2.35. The van der Waals surface area contributed by atoms with Crippen LogP contribution in [0, 0.1) is 5.41 Å². The molecule has 2 aromatic heterocycles. The number of aromatic nitrogens is 1. The lowest BCUT2D eigenvalue weighted by Gasteiger charge is -2.19. The van der Waals surface area contributed by atoms with Crippen molar-refractivity contribution in [2.45, 2.75) is 0 Å². The third-order valence-electron chi connectivity index (χ3n) is 4.72. The number of benzene rings is 2. The van der Waals surface area contributed by atoms with Gasteiger partial charge in [0.1, 0.15) is 28.1 Å². The molecule has 0 aliphatic carbocycles. The van der Waals surface area contributed by atoms with E-state index < -0.39 is 0 Å². The molecule has 7 heteroatoms. The van der Waals surface area contributed by atoms with Crippen molar-refractivity contribution in [2.24, 2.45) is 0 Å². The fourth-order valence-electron chi connectivity index (χ4n) is 3.27. The van der Waals surface area contributed by atoms with Gasteiger partial charge in [0.05, 0.1) is 22.7 Å². The number of hydrogen-bond acceptors (Lipinski definition) is 6. The Morgan fingerprint density at radius 1 is 0.933 bits per heavy atom. The van der Waals surface area contributed by atoms with Gasteiger partial charge in [0.25, 0.3) is 0 Å². The van der Waals surface area contributed by atoms with Crippen LogP contribution in [0.5, 0.6) is 11.5 Å². The molecular formula is C23H17N3O2S2. The zero-order valence-corrected chi connectivity index (χ0v) is 17.4. The van der Waals surface area contributed by atoms with Crippen LogP contribution in [0.3, 0.4) is 0 Å². The Morgan fingerprint density at radius 3 is 2.43 bits per heavy atom. The summed E-state index contributed by atoms with van der Waals surface area (Å²) in [4.78, 5) is 7.49. The van der Waals surface area contributed by atoms with Crippen molar-refractivity contribution in [3.63, 3.8) is 0 Å². The minimum absolute atomic E-state index is 0.164. The summed E-state index contributed by atoms with van der Waals surface area (Å²) in [7, 11) is 0. The highest BCUT2D eigenvalue weighted by atomic mass is 32.1. The molecule has 0 atom stereocenters. The molecule has 0 bridgehead atoms. The van der Waals surface area contributed by atoms with Crippen molar-refractivity contribution in [1.29, 1.82) is 5.41 Å². The number of aliphatic hydroxyl groups is 1. The van der Waals surface area contributed by atoms with Crippen molar-refractivity contribution < 1.29 is 9.84 Å². The summed E-state index contributed by atoms with van der Waals surface area (Å²) in [5, 5.41) is 23.8. The third-order valence-corrected chi connectivity index (χ3v) is 6.47. The van der Waals surface area contributed by atoms with E-state index in [-0.39, 0.29) is 18.1 Å². The van der Waals surface area contributed by atoms with E-state index in [1.54, 1.807) is 16.2 Å². The van der Waals surface area contributed by atoms with Crippen molar-refractivity contribution >= 4 is 39.8 Å². The maximum absolute atomic E-state index is 10.6. The molecule has 0 unspecified atom stereocenters. The molecule has 4 aromatic rings. The van der Waals surface area contributed by atoms with Crippen LogP contribution in [-0.4, -0.2) is 22.5 Å². The van der Waals surface area contributed by atoms with E-state index in [1.165, 1.54) is 11.3 Å². The van der Waals surface area contributed by atoms with Gasteiger partial charge >= 0.3 is 0 Å². The molecule has 0 amide bonds. The molecule has 30 heavy (non-hydrogen) atoms. The fraction of sp³-hybridized carbons (Fsp3) is 0.0435. The normalized spacial score (nSPS) is 13.9. The second-order valence-corrected chi connectivity index (χ2v) is 8.49. The molecule has 1 aliphatic heterocycles. The van der Waals surface area contributed by atoms with Crippen LogP contribution < -0.4 is 9.64 Å². The molecule has 0 spiro atoms. The number of hydrogen-bond donors (Lipinski definition) is 2. The van der Waals surface area contributed by atoms with Gasteiger partial charge in [-0.1, -0.05) is 24.3 Å². The second-order valence-electron chi connectivity index (χ2n) is 6.68. The van der Waals surface area contributed by atoms with E-state index in [0.29, 0.717) is 16.3 Å². The van der Waals surface area contributed by atoms with Crippen LogP contribution in [0.25, 0.3) is 16.1 Å². The van der Waals surface area contributed by atoms with Crippen LogP contribution >= 0.6 is 22.7 Å². The largest absolute Gasteiger partial charge is 0.510 e. The molecule has 2 N–H and O–H groups in total. The monoisotopic (exact) mass is 431 g/mol. The average Bonchev–Trinajstić information content (AvgIpc) is 3.50. The van der Waals surface area contributed by atoms with E-state index in [1.807, 2.05) is 77.5 Å². The first kappa shape index (κ1) is 18.6. The summed E-state index contributed by atoms with van der Waals surface area (Å²) >= 11 is 3.07. The Labute approximate surface area is 181 Å². The van der Waals surface area contributed by atoms with Gasteiger partial charge in [0.2, 0.25) is 0 Å². The first-order valence-electron chi connectivity index (χ1n) is 9.30. The molecule has 0 saturated heterocycles. The highest BCUT2D eigenvalue weighted by Gasteiger charge is 2.31. The van der Waals surface area contributed by atoms with Gasteiger partial charge < -0.3 is 14.7 Å². The zero-order chi connectivity index (χ0) is 20.5. The fourth-order valence-corrected chi connectivity index (χ4v) is 4.92. The Balaban J connectivity index is 1.34. The lowest BCUT2D eigenvalue weighted by Crippen LogP contribution is -2.25. The smallest absolute Gasteiger partial charge is 0.139 e. The highest BCUT2D eigenvalue weighted by molar-refractivity contribution is 7.14. The predicted octanol–water partition coefficient (Wildman–Crippen LogP) is 6.43. The Morgan fingerprint density at radius 2 is 1.70 bits per heavy atom. The van der Waals surface area contributed by atoms with Gasteiger partial charge in [-0.15, -0.1) is 22.7 Å². The van der Waals surface area contributed by atoms with E-state index in [4.69, 9.17) is 10.1 Å². The van der Waals surface area contributed by atoms with Crippen molar-refractivity contribution in [3.8, 4) is 22.1 Å². The SMILES string of the molecule is N=C1C(c2nc(-c3cccs3)cs2)=C(O)CN1c1ccc(Oc2ccccc2)cc1. The Bertz CT molecular complexity index is 1210. The van der Waals surface area contributed by atoms with Crippen LogP contribution in [0.4, 0.5) is 5.69 Å². The van der Waals surface area contributed by atoms with Gasteiger partial charge in [-0.3, -0.25) is 5.41 Å². The minimum Gasteiger partial charge on any atom is -0.510 e. The first-order chi connectivity index (χ1) is 14.7. The molecule has 5 rings (SSSR count). The van der Waals surface area contributed by atoms with Gasteiger partial charge in [-0.05, 0) is 47.8 Å². The molecular weight excluding hydrogens is 414 g/mol. The zero-order valence-electron chi connectivity index (χ0n) is 15.8. The number of thiophene rings is 1. The van der Waals surface area contributed by atoms with E-state index in [2.05, 4.69) is 4.98 Å². The quantitative estimate of drug-likeness (QED) is 0.382. The average molecular weight is 432 g/mol. The first-order valence-corrected chi connectivity index (χ1v) is 11.1. The summed E-state index contributed by atoms with van der Waals surface area (Å²) in [6.45, 7) is 0.251. The Kier molecular flexibility index (Phi) is 4.82. The standard InChI is InChI=1S/C23H17N3O2S2/c24-22-21(23-25-18(14-30-23)20-7-4-12-29-20)19(27)13-26(22)15-8-10-17(11-9-15)28-16-5-2-1-3-6-16/h1-12,14,24,27H,13H2. The number of rotatable bonds is 5. The van der Waals surface area contributed by atoms with Crippen molar-refractivity contribution in [1.82, 2.24) is 4.98 Å². The summed E-state index contributed by atoms with van der Waals surface area (Å²) in [6, 6.07) is 21.1. The van der Waals surface area contributed by atoms with Crippen LogP contribution in [0.15, 0.2) is 83.2 Å². The molecule has 5 nitrogen and oxygen atoms in total. The molecule has 2 aromatic carbocycles. The summed E-state index contributed by atoms with van der Waals surface area (Å²) < 4.78 is 5.83. The van der Waals surface area contributed by atoms with Gasteiger partial charge in [-0.25, -0.2) is 4.98 Å². The van der Waals surface area contributed by atoms with Crippen LogP contribution in [0.2, 0.25) is 0 Å². The lowest BCUT2D eigenvalue weighted by atomic mass is 10.2. The second kappa shape index (κ2) is 7.78. The molecule has 148 valence electrons. The number of thiazole rings is 1. The van der Waals surface area contributed by atoms with E-state index >= 15 is 0 Å². The third kappa shape index (κ3) is 3.49. The van der Waals surface area contributed by atoms with Gasteiger partial charge in [-0.2, -0.15) is 0 Å². The number of anilines is 1. The molecule has 1 aliphatic rings. The predicted molar refractivity (Wildman–Crippen MR) is 123 cm³/mol. The van der Waals surface area contributed by atoms with Crippen molar-refractivity contribution in [3.05, 3.63) is 88.3 Å². The number of para-hydroxylation sites is 1. The summed E-state index contributed by atoms with van der Waals surface area (Å²) in [5.74, 6) is 1.90. The van der Waals surface area contributed by atoms with Gasteiger partial charge in [0.15, 0.2) is 0 Å². The Hall–Kier alpha value is -3.42. The maximum Gasteiger partial charge on any atom is 0.139 e. The molecule has 0 fully saturated rings. The topological polar surface area (TPSA) is 69.4 Å². The van der Waals surface area contributed by atoms with Crippen molar-refractivity contribution in [2.75, 3.05) is 11.4 Å². The molecule has 3 heterocycles. The van der Waals surface area contributed by atoms with E-state index in [0.717, 1.165) is 22.0 Å². The maximum atomic E-state index is 10.6. The van der Waals surface area contributed by atoms with Crippen LogP contribution in [-0.2, 0) is 0 Å². The molecule has 0 radical (unpaired) electrons. The molecule has 0 saturated carbocycles. The number of nitrogens with one attached hydrogen (secondary N) is 1. The minimum atomic E-state index is 0.164. The summed E-state index contributed by atoms with van der Waals surface area (Å²) in [5.41, 5.74) is 2.18. The lowest BCUT2D eigenvalue weighted by molar-refractivity contribution is 0.411. The number of aliphatic hydroxyl groups excluding tert-OH is 1. The number of amidine groups is 1.